The Bertz CT molecular complexity index is 726. The van der Waals surface area contributed by atoms with Gasteiger partial charge in [-0.05, 0) is 0 Å². The molecule has 1 amide bonds. The smallest absolute Gasteiger partial charge is 0.327 e. The minimum Gasteiger partial charge on any atom is -0.480 e. The van der Waals surface area contributed by atoms with Crippen molar-refractivity contribution in [2.45, 2.75) is 18.7 Å². The van der Waals surface area contributed by atoms with Crippen molar-refractivity contribution in [3.63, 3.8) is 0 Å². The fourth-order valence-corrected chi connectivity index (χ4v) is 3.16. The van der Waals surface area contributed by atoms with E-state index < -0.39 is 17.9 Å². The molecule has 0 fully saturated rings. The Morgan fingerprint density at radius 2 is 2.33 bits per heavy atom. The Morgan fingerprint density at radius 3 is 3.00 bits per heavy atom. The van der Waals surface area contributed by atoms with Crippen LogP contribution in [0.3, 0.4) is 0 Å². The predicted octanol–water partition coefficient (Wildman–Crippen LogP) is -0.0265. The van der Waals surface area contributed by atoms with Crippen molar-refractivity contribution in [1.29, 1.82) is 0 Å². The largest absolute Gasteiger partial charge is 0.480 e. The number of carboxylic acid groups (broad SMARTS) is 1. The summed E-state index contributed by atoms with van der Waals surface area (Å²) in [4.78, 5) is 38.4. The van der Waals surface area contributed by atoms with E-state index in [1.54, 1.807) is 0 Å². The quantitative estimate of drug-likeness (QED) is 0.765. The molecule has 2 aromatic heterocycles. The first-order valence-corrected chi connectivity index (χ1v) is 7.91. The molecule has 21 heavy (non-hydrogen) atoms. The van der Waals surface area contributed by atoms with E-state index in [0.29, 0.717) is 16.4 Å². The van der Waals surface area contributed by atoms with Crippen LogP contribution in [-0.4, -0.2) is 43.4 Å². The Morgan fingerprint density at radius 1 is 1.57 bits per heavy atom. The van der Waals surface area contributed by atoms with E-state index in [1.807, 2.05) is 0 Å². The highest BCUT2D eigenvalue weighted by atomic mass is 32.2. The molecule has 0 aliphatic rings. The van der Waals surface area contributed by atoms with Gasteiger partial charge in [-0.3, -0.25) is 9.59 Å². The lowest BCUT2D eigenvalue weighted by atomic mass is 10.3. The molecule has 0 bridgehead atoms. The second-order valence-corrected chi connectivity index (χ2v) is 5.97. The summed E-state index contributed by atoms with van der Waals surface area (Å²) in [7, 11) is 0. The molecule has 2 heterocycles. The number of nitrogens with zero attached hydrogens (tertiary/aromatic N) is 3. The van der Waals surface area contributed by atoms with Gasteiger partial charge >= 0.3 is 5.97 Å². The molecule has 1 atom stereocenters. The Hall–Kier alpha value is -1.94. The summed E-state index contributed by atoms with van der Waals surface area (Å²) in [5.41, 5.74) is 1.81. The predicted molar refractivity (Wildman–Crippen MR) is 78.5 cm³/mol. The molecule has 0 saturated carbocycles. The summed E-state index contributed by atoms with van der Waals surface area (Å²) in [5, 5.41) is 15.2. The van der Waals surface area contributed by atoms with Gasteiger partial charge in [0.1, 0.15) is 11.6 Å². The maximum Gasteiger partial charge on any atom is 0.327 e. The maximum atomic E-state index is 11.7. The Labute approximate surface area is 127 Å². The van der Waals surface area contributed by atoms with Gasteiger partial charge in [0.2, 0.25) is 10.9 Å². The van der Waals surface area contributed by atoms with Crippen molar-refractivity contribution in [1.82, 2.24) is 19.9 Å². The van der Waals surface area contributed by atoms with Gasteiger partial charge in [0.25, 0.3) is 5.56 Å². The Balaban J connectivity index is 1.99. The number of nitrogens with one attached hydrogen (secondary N) is 1. The molecule has 0 aliphatic carbocycles. The van der Waals surface area contributed by atoms with Crippen LogP contribution in [0.2, 0.25) is 0 Å². The third-order valence-electron chi connectivity index (χ3n) is 2.45. The van der Waals surface area contributed by atoms with Crippen LogP contribution < -0.4 is 10.9 Å². The number of rotatable bonds is 6. The monoisotopic (exact) mass is 328 g/mol. The van der Waals surface area contributed by atoms with Crippen LogP contribution in [0.5, 0.6) is 0 Å². The number of amides is 1. The van der Waals surface area contributed by atoms with Crippen molar-refractivity contribution in [2.24, 2.45) is 0 Å². The van der Waals surface area contributed by atoms with Crippen molar-refractivity contribution >= 4 is 39.9 Å². The fraction of sp³-hybridized carbons (Fsp3) is 0.364. The number of thioether (sulfide) groups is 1. The van der Waals surface area contributed by atoms with Crippen LogP contribution in [0.1, 0.15) is 12.6 Å². The highest BCUT2D eigenvalue weighted by molar-refractivity contribution is 7.98. The average Bonchev–Trinajstić information content (AvgIpc) is 2.85. The van der Waals surface area contributed by atoms with E-state index in [2.05, 4.69) is 15.4 Å². The highest BCUT2D eigenvalue weighted by Crippen LogP contribution is 2.12. The number of carbonyl (C=O) groups is 2. The number of hydrogen-bond acceptors (Lipinski definition) is 7. The van der Waals surface area contributed by atoms with E-state index in [4.69, 9.17) is 5.11 Å². The van der Waals surface area contributed by atoms with Crippen LogP contribution >= 0.6 is 23.1 Å². The molecule has 0 unspecified atom stereocenters. The summed E-state index contributed by atoms with van der Waals surface area (Å²) in [6.45, 7) is 1.26. The lowest BCUT2D eigenvalue weighted by Crippen LogP contribution is -2.41. The SMILES string of the molecule is CC(=O)N[C@@H](CSCc1cc(=O)n2ncsc2n1)C(=O)O. The zero-order chi connectivity index (χ0) is 15.4. The number of aliphatic carboxylic acids is 1. The summed E-state index contributed by atoms with van der Waals surface area (Å²) < 4.78 is 1.20. The molecule has 8 nitrogen and oxygen atoms in total. The van der Waals surface area contributed by atoms with Crippen LogP contribution in [0.4, 0.5) is 0 Å². The van der Waals surface area contributed by atoms with Gasteiger partial charge in [0.05, 0.1) is 5.69 Å². The molecule has 10 heteroatoms. The van der Waals surface area contributed by atoms with Crippen LogP contribution in [0.15, 0.2) is 16.4 Å². The molecule has 0 saturated heterocycles. The van der Waals surface area contributed by atoms with Crippen molar-refractivity contribution < 1.29 is 14.7 Å². The highest BCUT2D eigenvalue weighted by Gasteiger charge is 2.18. The third kappa shape index (κ3) is 4.02. The minimum absolute atomic E-state index is 0.193. The molecule has 0 radical (unpaired) electrons. The zero-order valence-corrected chi connectivity index (χ0v) is 12.6. The van der Waals surface area contributed by atoms with Crippen molar-refractivity contribution in [3.8, 4) is 0 Å². The molecule has 0 spiro atoms. The lowest BCUT2D eigenvalue weighted by Gasteiger charge is -2.12. The first kappa shape index (κ1) is 15.4. The molecule has 2 aromatic rings. The molecule has 0 aliphatic heterocycles. The second kappa shape index (κ2) is 6.68. The fourth-order valence-electron chi connectivity index (χ4n) is 1.58. The zero-order valence-electron chi connectivity index (χ0n) is 11.0. The first-order valence-electron chi connectivity index (χ1n) is 5.87. The molecule has 2 rings (SSSR count). The molecule has 0 aromatic carbocycles. The number of hydrogen-bond donors (Lipinski definition) is 2. The van der Waals surface area contributed by atoms with Gasteiger partial charge in [0.15, 0.2) is 0 Å². The van der Waals surface area contributed by atoms with E-state index in [0.717, 1.165) is 0 Å². The van der Waals surface area contributed by atoms with E-state index in [-0.39, 0.29) is 11.3 Å². The summed E-state index contributed by atoms with van der Waals surface area (Å²) in [5.74, 6) is -0.917. The first-order chi connectivity index (χ1) is 9.97. The van der Waals surface area contributed by atoms with E-state index in [9.17, 15) is 14.4 Å². The molecule has 2 N–H and O–H groups in total. The van der Waals surface area contributed by atoms with Gasteiger partial charge < -0.3 is 10.4 Å². The van der Waals surface area contributed by atoms with Crippen molar-refractivity contribution in [2.75, 3.05) is 5.75 Å². The summed E-state index contributed by atoms with van der Waals surface area (Å²) >= 11 is 2.53. The van der Waals surface area contributed by atoms with Gasteiger partial charge in [-0.15, -0.1) is 0 Å². The normalized spacial score (nSPS) is 12.2. The van der Waals surface area contributed by atoms with Gasteiger partial charge in [-0.1, -0.05) is 11.3 Å². The number of fused-ring (bicyclic) bond motifs is 1. The van der Waals surface area contributed by atoms with E-state index >= 15 is 0 Å². The lowest BCUT2D eigenvalue weighted by molar-refractivity contribution is -0.140. The summed E-state index contributed by atoms with van der Waals surface area (Å²) in [6.07, 6.45) is 0. The molecular weight excluding hydrogens is 316 g/mol. The van der Waals surface area contributed by atoms with Crippen LogP contribution in [-0.2, 0) is 15.3 Å². The Kier molecular flexibility index (Phi) is 4.91. The van der Waals surface area contributed by atoms with E-state index in [1.165, 1.54) is 46.1 Å². The third-order valence-corrected chi connectivity index (χ3v) is 4.19. The number of carbonyl (C=O) groups excluding carboxylic acids is 1. The molecular formula is C11H12N4O4S2. The number of carboxylic acids is 1. The standard InChI is InChI=1S/C11H12N4O4S2/c1-6(16)13-8(10(18)19)4-20-3-7-2-9(17)15-11(14-7)21-5-12-15/h2,5,8H,3-4H2,1H3,(H,13,16)(H,18,19)/t8-/m0/s1. The summed E-state index contributed by atoms with van der Waals surface area (Å²) in [6, 6.07) is 0.411. The second-order valence-electron chi connectivity index (χ2n) is 4.13. The van der Waals surface area contributed by atoms with Crippen molar-refractivity contribution in [3.05, 3.63) is 27.6 Å². The minimum atomic E-state index is -1.09. The average molecular weight is 328 g/mol. The van der Waals surface area contributed by atoms with Gasteiger partial charge in [-0.25, -0.2) is 9.78 Å². The number of aromatic nitrogens is 3. The molecule has 112 valence electrons. The maximum absolute atomic E-state index is 11.7. The van der Waals surface area contributed by atoms with Crippen LogP contribution in [0, 0.1) is 0 Å². The van der Waals surface area contributed by atoms with Gasteiger partial charge in [-0.2, -0.15) is 21.4 Å². The van der Waals surface area contributed by atoms with Gasteiger partial charge in [0, 0.05) is 24.5 Å². The topological polar surface area (TPSA) is 114 Å². The van der Waals surface area contributed by atoms with Crippen LogP contribution in [0.25, 0.3) is 4.96 Å².